The SMILES string of the molecule is CC(CCc1cccn1C)NC(=O)C1CCC(C(=O)O)CC1. The number of aromatic nitrogens is 1. The van der Waals surface area contributed by atoms with Gasteiger partial charge in [-0.1, -0.05) is 0 Å². The van der Waals surface area contributed by atoms with Gasteiger partial charge in [0.25, 0.3) is 0 Å². The summed E-state index contributed by atoms with van der Waals surface area (Å²) in [5, 5.41) is 12.1. The second kappa shape index (κ2) is 7.47. The van der Waals surface area contributed by atoms with Crippen LogP contribution in [-0.2, 0) is 23.1 Å². The van der Waals surface area contributed by atoms with Crippen LogP contribution in [0.5, 0.6) is 0 Å². The topological polar surface area (TPSA) is 71.3 Å². The smallest absolute Gasteiger partial charge is 0.306 e. The average molecular weight is 306 g/mol. The highest BCUT2D eigenvalue weighted by Gasteiger charge is 2.30. The van der Waals surface area contributed by atoms with Crippen molar-refractivity contribution in [2.75, 3.05) is 0 Å². The number of aliphatic carboxylic acids is 1. The summed E-state index contributed by atoms with van der Waals surface area (Å²) in [4.78, 5) is 23.2. The van der Waals surface area contributed by atoms with E-state index in [0.29, 0.717) is 25.7 Å². The van der Waals surface area contributed by atoms with Gasteiger partial charge in [0, 0.05) is 30.9 Å². The first-order valence-corrected chi connectivity index (χ1v) is 8.10. The molecule has 0 radical (unpaired) electrons. The summed E-state index contributed by atoms with van der Waals surface area (Å²) in [6.45, 7) is 2.03. The number of nitrogens with one attached hydrogen (secondary N) is 1. The Balaban J connectivity index is 1.72. The Bertz CT molecular complexity index is 516. The van der Waals surface area contributed by atoms with Crippen molar-refractivity contribution in [1.82, 2.24) is 9.88 Å². The third kappa shape index (κ3) is 4.36. The van der Waals surface area contributed by atoms with Crippen LogP contribution in [0.3, 0.4) is 0 Å². The molecule has 2 N–H and O–H groups in total. The van der Waals surface area contributed by atoms with Gasteiger partial charge in [-0.2, -0.15) is 0 Å². The van der Waals surface area contributed by atoms with Crippen molar-refractivity contribution in [3.05, 3.63) is 24.0 Å². The van der Waals surface area contributed by atoms with E-state index < -0.39 is 5.97 Å². The zero-order valence-corrected chi connectivity index (χ0v) is 13.4. The lowest BCUT2D eigenvalue weighted by atomic mass is 9.81. The minimum Gasteiger partial charge on any atom is -0.481 e. The lowest BCUT2D eigenvalue weighted by Crippen LogP contribution is -2.39. The van der Waals surface area contributed by atoms with E-state index in [9.17, 15) is 9.59 Å². The molecule has 0 saturated heterocycles. The largest absolute Gasteiger partial charge is 0.481 e. The molecule has 1 saturated carbocycles. The van der Waals surface area contributed by atoms with Crippen LogP contribution in [0.4, 0.5) is 0 Å². The molecule has 122 valence electrons. The normalized spacial score (nSPS) is 23.0. The molecule has 0 spiro atoms. The van der Waals surface area contributed by atoms with Gasteiger partial charge in [0.15, 0.2) is 0 Å². The number of carboxylic acid groups (broad SMARTS) is 1. The summed E-state index contributed by atoms with van der Waals surface area (Å²) in [5.41, 5.74) is 1.27. The lowest BCUT2D eigenvalue weighted by Gasteiger charge is -2.26. The number of aryl methyl sites for hydroxylation is 2. The van der Waals surface area contributed by atoms with Crippen molar-refractivity contribution in [1.29, 1.82) is 0 Å². The van der Waals surface area contributed by atoms with Gasteiger partial charge in [0.05, 0.1) is 5.92 Å². The molecule has 1 unspecified atom stereocenters. The van der Waals surface area contributed by atoms with Gasteiger partial charge in [-0.3, -0.25) is 9.59 Å². The molecule has 1 fully saturated rings. The first-order valence-electron chi connectivity index (χ1n) is 8.10. The van der Waals surface area contributed by atoms with Crippen LogP contribution in [0.15, 0.2) is 18.3 Å². The van der Waals surface area contributed by atoms with Gasteiger partial charge in [-0.25, -0.2) is 0 Å². The molecule has 2 rings (SSSR count). The fraction of sp³-hybridized carbons (Fsp3) is 0.647. The molecule has 5 nitrogen and oxygen atoms in total. The first kappa shape index (κ1) is 16.6. The molecule has 5 heteroatoms. The first-order chi connectivity index (χ1) is 10.5. The van der Waals surface area contributed by atoms with Crippen LogP contribution in [0.1, 0.15) is 44.7 Å². The van der Waals surface area contributed by atoms with E-state index in [0.717, 1.165) is 12.8 Å². The highest BCUT2D eigenvalue weighted by Crippen LogP contribution is 2.29. The van der Waals surface area contributed by atoms with Gasteiger partial charge in [-0.05, 0) is 57.6 Å². The number of carboxylic acids is 1. The molecule has 0 aromatic carbocycles. The highest BCUT2D eigenvalue weighted by molar-refractivity contribution is 5.79. The minimum atomic E-state index is -0.727. The van der Waals surface area contributed by atoms with Gasteiger partial charge >= 0.3 is 5.97 Å². The molecule has 1 aromatic heterocycles. The van der Waals surface area contributed by atoms with E-state index >= 15 is 0 Å². The van der Waals surface area contributed by atoms with Gasteiger partial charge < -0.3 is 15.0 Å². The lowest BCUT2D eigenvalue weighted by molar-refractivity contribution is -0.144. The Labute approximate surface area is 131 Å². The van der Waals surface area contributed by atoms with E-state index in [2.05, 4.69) is 16.0 Å². The van der Waals surface area contributed by atoms with Crippen LogP contribution in [-0.4, -0.2) is 27.6 Å². The number of nitrogens with zero attached hydrogens (tertiary/aromatic N) is 1. The van der Waals surface area contributed by atoms with Gasteiger partial charge in [-0.15, -0.1) is 0 Å². The Morgan fingerprint density at radius 1 is 1.32 bits per heavy atom. The summed E-state index contributed by atoms with van der Waals surface area (Å²) >= 11 is 0. The van der Waals surface area contributed by atoms with Crippen LogP contribution < -0.4 is 5.32 Å². The zero-order valence-electron chi connectivity index (χ0n) is 13.4. The maximum absolute atomic E-state index is 12.2. The van der Waals surface area contributed by atoms with Crippen molar-refractivity contribution in [2.45, 2.75) is 51.5 Å². The van der Waals surface area contributed by atoms with Crippen LogP contribution in [0.2, 0.25) is 0 Å². The fourth-order valence-electron chi connectivity index (χ4n) is 3.16. The molecule has 22 heavy (non-hydrogen) atoms. The summed E-state index contributed by atoms with van der Waals surface area (Å²) in [5.74, 6) is -0.926. The van der Waals surface area contributed by atoms with Crippen molar-refractivity contribution in [3.8, 4) is 0 Å². The minimum absolute atomic E-state index is 0.0203. The van der Waals surface area contributed by atoms with Crippen LogP contribution in [0.25, 0.3) is 0 Å². The molecule has 0 aliphatic heterocycles. The van der Waals surface area contributed by atoms with Crippen LogP contribution >= 0.6 is 0 Å². The quantitative estimate of drug-likeness (QED) is 0.847. The van der Waals surface area contributed by atoms with E-state index in [1.54, 1.807) is 0 Å². The maximum Gasteiger partial charge on any atom is 0.306 e. The molecule has 1 aliphatic rings. The fourth-order valence-corrected chi connectivity index (χ4v) is 3.16. The molecule has 1 amide bonds. The monoisotopic (exact) mass is 306 g/mol. The number of amides is 1. The van der Waals surface area contributed by atoms with E-state index in [1.807, 2.05) is 26.2 Å². The van der Waals surface area contributed by atoms with Crippen LogP contribution in [0, 0.1) is 11.8 Å². The third-order valence-electron chi connectivity index (χ3n) is 4.72. The molecule has 1 heterocycles. The number of carbonyl (C=O) groups is 2. The molecule has 1 atom stereocenters. The third-order valence-corrected chi connectivity index (χ3v) is 4.72. The second-order valence-corrected chi connectivity index (χ2v) is 6.45. The summed E-state index contributed by atoms with van der Waals surface area (Å²) in [6.07, 6.45) is 6.49. The number of hydrogen-bond acceptors (Lipinski definition) is 2. The molecular weight excluding hydrogens is 280 g/mol. The molecule has 1 aromatic rings. The predicted octanol–water partition coefficient (Wildman–Crippen LogP) is 2.35. The molecule has 0 bridgehead atoms. The summed E-state index contributed by atoms with van der Waals surface area (Å²) in [6, 6.07) is 4.26. The van der Waals surface area contributed by atoms with Gasteiger partial charge in [0.1, 0.15) is 0 Å². The van der Waals surface area contributed by atoms with E-state index in [4.69, 9.17) is 5.11 Å². The Morgan fingerprint density at radius 2 is 1.95 bits per heavy atom. The van der Waals surface area contributed by atoms with Crippen molar-refractivity contribution < 1.29 is 14.7 Å². The summed E-state index contributed by atoms with van der Waals surface area (Å²) < 4.78 is 2.10. The predicted molar refractivity (Wildman–Crippen MR) is 84.4 cm³/mol. The summed E-state index contributed by atoms with van der Waals surface area (Å²) in [7, 11) is 2.03. The van der Waals surface area contributed by atoms with E-state index in [1.165, 1.54) is 5.69 Å². The van der Waals surface area contributed by atoms with Crippen molar-refractivity contribution in [3.63, 3.8) is 0 Å². The van der Waals surface area contributed by atoms with Crippen molar-refractivity contribution in [2.24, 2.45) is 18.9 Å². The second-order valence-electron chi connectivity index (χ2n) is 6.45. The zero-order chi connectivity index (χ0) is 16.1. The maximum atomic E-state index is 12.2. The van der Waals surface area contributed by atoms with Crippen molar-refractivity contribution >= 4 is 11.9 Å². The Hall–Kier alpha value is -1.78. The van der Waals surface area contributed by atoms with E-state index in [-0.39, 0.29) is 23.8 Å². The Morgan fingerprint density at radius 3 is 2.50 bits per heavy atom. The molecule has 1 aliphatic carbocycles. The highest BCUT2D eigenvalue weighted by atomic mass is 16.4. The number of rotatable bonds is 6. The molecular formula is C17H26N2O3. The standard InChI is InChI=1S/C17H26N2O3/c1-12(5-10-15-4-3-11-19(15)2)18-16(20)13-6-8-14(9-7-13)17(21)22/h3-4,11-14H,5-10H2,1-2H3,(H,18,20)(H,21,22). The number of carbonyl (C=O) groups excluding carboxylic acids is 1. The Kier molecular flexibility index (Phi) is 5.63. The average Bonchev–Trinajstić information content (AvgIpc) is 2.90. The number of hydrogen-bond donors (Lipinski definition) is 2. The van der Waals surface area contributed by atoms with Gasteiger partial charge in [0.2, 0.25) is 5.91 Å².